The van der Waals surface area contributed by atoms with Gasteiger partial charge in [-0.3, -0.25) is 9.69 Å². The number of anilines is 1. The summed E-state index contributed by atoms with van der Waals surface area (Å²) in [5.41, 5.74) is 1.41. The highest BCUT2D eigenvalue weighted by atomic mass is 16.3. The highest BCUT2D eigenvalue weighted by Crippen LogP contribution is 2.28. The van der Waals surface area contributed by atoms with Gasteiger partial charge in [0, 0.05) is 37.8 Å². The first-order chi connectivity index (χ1) is 15.5. The minimum absolute atomic E-state index is 0.0325. The molecule has 1 atom stereocenters. The van der Waals surface area contributed by atoms with Crippen LogP contribution >= 0.6 is 0 Å². The second kappa shape index (κ2) is 9.13. The number of rotatable bonds is 5. The number of carbonyl (C=O) groups excluding carboxylic acids is 1. The second-order valence-corrected chi connectivity index (χ2v) is 7.67. The van der Waals surface area contributed by atoms with E-state index in [4.69, 9.17) is 5.26 Å². The van der Waals surface area contributed by atoms with E-state index in [1.54, 1.807) is 24.3 Å². The highest BCUT2D eigenvalue weighted by molar-refractivity contribution is 6.00. The van der Waals surface area contributed by atoms with Crippen LogP contribution in [0.3, 0.4) is 0 Å². The molecule has 4 heterocycles. The van der Waals surface area contributed by atoms with Crippen molar-refractivity contribution in [2.45, 2.75) is 12.6 Å². The number of nitrogens with one attached hydrogen (secondary N) is 1. The van der Waals surface area contributed by atoms with Crippen LogP contribution in [0.2, 0.25) is 0 Å². The molecule has 1 aliphatic rings. The highest BCUT2D eigenvalue weighted by Gasteiger charge is 2.25. The summed E-state index contributed by atoms with van der Waals surface area (Å²) in [6.45, 7) is 2.48. The molecule has 0 saturated carbocycles. The third kappa shape index (κ3) is 4.30. The lowest BCUT2D eigenvalue weighted by Gasteiger charge is -2.39. The number of aliphatic hydroxyl groups excluding tert-OH is 1. The van der Waals surface area contributed by atoms with Gasteiger partial charge in [0.25, 0.3) is 5.91 Å². The Morgan fingerprint density at radius 1 is 1.25 bits per heavy atom. The maximum absolute atomic E-state index is 12.6. The Kier molecular flexibility index (Phi) is 6.11. The van der Waals surface area contributed by atoms with Crippen molar-refractivity contribution in [1.29, 1.82) is 5.26 Å². The fourth-order valence-corrected chi connectivity index (χ4v) is 3.63. The zero-order valence-electron chi connectivity index (χ0n) is 17.6. The van der Waals surface area contributed by atoms with E-state index in [0.717, 1.165) is 24.5 Å². The molecule has 0 aliphatic carbocycles. The molecule has 1 fully saturated rings. The molecule has 164 valence electrons. The van der Waals surface area contributed by atoms with Crippen molar-refractivity contribution in [1.82, 2.24) is 25.2 Å². The van der Waals surface area contributed by atoms with E-state index < -0.39 is 5.91 Å². The van der Waals surface area contributed by atoms with E-state index in [1.807, 2.05) is 13.1 Å². The van der Waals surface area contributed by atoms with Crippen molar-refractivity contribution in [2.24, 2.45) is 0 Å². The molecule has 1 amide bonds. The fourth-order valence-electron chi connectivity index (χ4n) is 3.63. The monoisotopic (exact) mass is 433 g/mol. The zero-order valence-corrected chi connectivity index (χ0v) is 17.6. The molecule has 32 heavy (non-hydrogen) atoms. The Morgan fingerprint density at radius 3 is 2.81 bits per heavy atom. The molecule has 3 N–H and O–H groups in total. The average Bonchev–Trinajstić information content (AvgIpc) is 2.83. The number of aliphatic hydroxyl groups is 1. The fraction of sp³-hybridized carbons (Fsp3) is 0.318. The molecule has 1 saturated heterocycles. The third-order valence-corrected chi connectivity index (χ3v) is 5.62. The summed E-state index contributed by atoms with van der Waals surface area (Å²) < 4.78 is 0. The van der Waals surface area contributed by atoms with Crippen LogP contribution < -0.4 is 10.2 Å². The molecule has 0 unspecified atom stereocenters. The number of pyridine rings is 3. The maximum atomic E-state index is 12.6. The van der Waals surface area contributed by atoms with Gasteiger partial charge in [0.1, 0.15) is 17.6 Å². The average molecular weight is 433 g/mol. The number of nitrogens with zero attached hydrogens (tertiary/aromatic N) is 6. The Balaban J connectivity index is 1.50. The third-order valence-electron chi connectivity index (χ3n) is 5.62. The van der Waals surface area contributed by atoms with Crippen LogP contribution in [-0.4, -0.2) is 75.3 Å². The van der Waals surface area contributed by atoms with Gasteiger partial charge in [0.05, 0.1) is 24.4 Å². The van der Waals surface area contributed by atoms with Crippen molar-refractivity contribution in [3.8, 4) is 11.8 Å². The first-order valence-electron chi connectivity index (χ1n) is 10.2. The van der Waals surface area contributed by atoms with Gasteiger partial charge in [-0.1, -0.05) is 6.07 Å². The Hall–Kier alpha value is -3.81. The molecule has 1 aliphatic heterocycles. The number of nitriles is 1. The summed E-state index contributed by atoms with van der Waals surface area (Å²) in [5.74, 6) is -0.0259. The molecule has 0 bridgehead atoms. The summed E-state index contributed by atoms with van der Waals surface area (Å²) in [4.78, 5) is 29.4. The SMILES string of the molecule is CN1CCN(c2ccc3c(O)c(C(=O)NCc4ccc(C#N)nc4)ncc3n2)C[C@@H]1CO. The summed E-state index contributed by atoms with van der Waals surface area (Å²) in [6, 6.07) is 8.76. The lowest BCUT2D eigenvalue weighted by atomic mass is 10.1. The topological polar surface area (TPSA) is 138 Å². The minimum atomic E-state index is -0.525. The lowest BCUT2D eigenvalue weighted by Crippen LogP contribution is -2.53. The van der Waals surface area contributed by atoms with Gasteiger partial charge in [-0.15, -0.1) is 0 Å². The van der Waals surface area contributed by atoms with Gasteiger partial charge in [-0.25, -0.2) is 15.0 Å². The van der Waals surface area contributed by atoms with E-state index >= 15 is 0 Å². The summed E-state index contributed by atoms with van der Waals surface area (Å²) >= 11 is 0. The van der Waals surface area contributed by atoms with Crippen molar-refractivity contribution in [3.63, 3.8) is 0 Å². The molecule has 0 radical (unpaired) electrons. The Bertz CT molecular complexity index is 1180. The van der Waals surface area contributed by atoms with E-state index in [-0.39, 0.29) is 30.6 Å². The Morgan fingerprint density at radius 2 is 2.09 bits per heavy atom. The van der Waals surface area contributed by atoms with Crippen molar-refractivity contribution < 1.29 is 15.0 Å². The predicted octanol–water partition coefficient (Wildman–Crippen LogP) is 0.645. The van der Waals surface area contributed by atoms with E-state index in [0.29, 0.717) is 23.1 Å². The number of aromatic hydroxyl groups is 1. The van der Waals surface area contributed by atoms with Gasteiger partial charge >= 0.3 is 0 Å². The summed E-state index contributed by atoms with van der Waals surface area (Å²) in [5, 5.41) is 32.1. The van der Waals surface area contributed by atoms with Gasteiger partial charge < -0.3 is 20.4 Å². The number of fused-ring (bicyclic) bond motifs is 1. The maximum Gasteiger partial charge on any atom is 0.274 e. The van der Waals surface area contributed by atoms with Gasteiger partial charge in [0.2, 0.25) is 0 Å². The van der Waals surface area contributed by atoms with Crippen LogP contribution in [0.1, 0.15) is 21.7 Å². The molecule has 0 aromatic carbocycles. The number of amides is 1. The standard InChI is InChI=1S/C22H23N7O3/c1-28-6-7-29(12-16(28)13-30)19-5-4-17-18(27-19)11-25-20(21(17)31)22(32)26-10-14-2-3-15(8-23)24-9-14/h2-5,9,11,16,30-31H,6-7,10,12-13H2,1H3,(H,26,32)/t16-/m1/s1. The number of aromatic nitrogens is 3. The van der Waals surface area contributed by atoms with Crippen molar-refractivity contribution >= 4 is 22.6 Å². The van der Waals surface area contributed by atoms with Crippen LogP contribution in [-0.2, 0) is 6.54 Å². The van der Waals surface area contributed by atoms with Gasteiger partial charge in [-0.05, 0) is 30.8 Å². The molecular formula is C22H23N7O3. The normalized spacial score (nSPS) is 16.7. The number of carbonyl (C=O) groups is 1. The Labute approximate surface area is 184 Å². The van der Waals surface area contributed by atoms with Crippen LogP contribution in [0.25, 0.3) is 10.9 Å². The number of piperazine rings is 1. The predicted molar refractivity (Wildman–Crippen MR) is 117 cm³/mol. The van der Waals surface area contributed by atoms with Crippen molar-refractivity contribution in [3.05, 3.63) is 53.6 Å². The summed E-state index contributed by atoms with van der Waals surface area (Å²) in [7, 11) is 1.98. The molecule has 3 aromatic heterocycles. The van der Waals surface area contributed by atoms with E-state index in [2.05, 4.69) is 30.1 Å². The molecule has 4 rings (SSSR count). The molecule has 10 nitrogen and oxygen atoms in total. The second-order valence-electron chi connectivity index (χ2n) is 7.67. The molecule has 3 aromatic rings. The van der Waals surface area contributed by atoms with Crippen LogP contribution in [0.4, 0.5) is 5.82 Å². The summed E-state index contributed by atoms with van der Waals surface area (Å²) in [6.07, 6.45) is 2.98. The number of hydrogen-bond donors (Lipinski definition) is 3. The van der Waals surface area contributed by atoms with Crippen molar-refractivity contribution in [2.75, 3.05) is 38.2 Å². The first kappa shape index (κ1) is 21.4. The zero-order chi connectivity index (χ0) is 22.7. The van der Waals surface area contributed by atoms with Gasteiger partial charge in [0.15, 0.2) is 11.4 Å². The van der Waals surface area contributed by atoms with Crippen LogP contribution in [0.5, 0.6) is 5.75 Å². The number of likely N-dealkylation sites (N-methyl/N-ethyl adjacent to an activating group) is 1. The number of hydrogen-bond acceptors (Lipinski definition) is 9. The van der Waals surface area contributed by atoms with Crippen LogP contribution in [0, 0.1) is 11.3 Å². The molecule has 10 heteroatoms. The quantitative estimate of drug-likeness (QED) is 0.529. The largest absolute Gasteiger partial charge is 0.505 e. The first-order valence-corrected chi connectivity index (χ1v) is 10.2. The molecular weight excluding hydrogens is 410 g/mol. The molecule has 0 spiro atoms. The van der Waals surface area contributed by atoms with E-state index in [1.165, 1.54) is 12.4 Å². The smallest absolute Gasteiger partial charge is 0.274 e. The minimum Gasteiger partial charge on any atom is -0.505 e. The lowest BCUT2D eigenvalue weighted by molar-refractivity contribution is 0.0943. The van der Waals surface area contributed by atoms with Gasteiger partial charge in [-0.2, -0.15) is 5.26 Å². The van der Waals surface area contributed by atoms with E-state index in [9.17, 15) is 15.0 Å². The van der Waals surface area contributed by atoms with Crippen LogP contribution in [0.15, 0.2) is 36.7 Å².